The highest BCUT2D eigenvalue weighted by Gasteiger charge is 2.20. The Bertz CT molecular complexity index is 987. The number of carboxylic acid groups (broad SMARTS) is 1. The summed E-state index contributed by atoms with van der Waals surface area (Å²) >= 11 is 0. The zero-order valence-electron chi connectivity index (χ0n) is 19.9. The zero-order chi connectivity index (χ0) is 24.5. The van der Waals surface area contributed by atoms with E-state index in [9.17, 15) is 4.79 Å². The SMILES string of the molecule is CCOc1cc(C=NNc2nc(N3CCCCC3)nc(N3CCOCC3)n2)ccc1OCC(=O)O. The smallest absolute Gasteiger partial charge is 0.341 e. The predicted molar refractivity (Wildman–Crippen MR) is 131 cm³/mol. The minimum atomic E-state index is -1.06. The molecule has 188 valence electrons. The number of carbonyl (C=O) groups is 1. The van der Waals surface area contributed by atoms with Gasteiger partial charge in [-0.3, -0.25) is 0 Å². The molecule has 2 N–H and O–H groups in total. The number of piperidine rings is 1. The van der Waals surface area contributed by atoms with Gasteiger partial charge in [0.1, 0.15) is 0 Å². The monoisotopic (exact) mass is 485 g/mol. The number of carboxylic acids is 1. The van der Waals surface area contributed by atoms with Gasteiger partial charge in [-0.2, -0.15) is 20.1 Å². The molecular formula is C23H31N7O5. The van der Waals surface area contributed by atoms with Crippen molar-refractivity contribution < 1.29 is 24.1 Å². The first-order valence-corrected chi connectivity index (χ1v) is 11.9. The largest absolute Gasteiger partial charge is 0.490 e. The Morgan fingerprint density at radius 2 is 1.77 bits per heavy atom. The minimum absolute atomic E-state index is 0.359. The molecule has 2 aromatic rings. The van der Waals surface area contributed by atoms with Crippen molar-refractivity contribution in [1.82, 2.24) is 15.0 Å². The van der Waals surface area contributed by atoms with E-state index in [1.807, 2.05) is 6.92 Å². The van der Waals surface area contributed by atoms with Crippen LogP contribution < -0.4 is 24.7 Å². The van der Waals surface area contributed by atoms with Crippen LogP contribution in [-0.4, -0.2) is 84.8 Å². The van der Waals surface area contributed by atoms with Gasteiger partial charge in [0.15, 0.2) is 18.1 Å². The Labute approximate surface area is 203 Å². The van der Waals surface area contributed by atoms with Gasteiger partial charge in [0.05, 0.1) is 26.0 Å². The molecule has 2 fully saturated rings. The zero-order valence-corrected chi connectivity index (χ0v) is 19.9. The highest BCUT2D eigenvalue weighted by atomic mass is 16.5. The Kier molecular flexibility index (Phi) is 8.49. The van der Waals surface area contributed by atoms with Gasteiger partial charge in [-0.1, -0.05) is 0 Å². The minimum Gasteiger partial charge on any atom is -0.490 e. The molecule has 1 aromatic heterocycles. The second-order valence-corrected chi connectivity index (χ2v) is 8.10. The van der Waals surface area contributed by atoms with Crippen molar-refractivity contribution in [2.45, 2.75) is 26.2 Å². The van der Waals surface area contributed by atoms with E-state index in [1.165, 1.54) is 6.42 Å². The molecule has 1 aromatic carbocycles. The molecule has 12 nitrogen and oxygen atoms in total. The van der Waals surface area contributed by atoms with Crippen LogP contribution in [0.2, 0.25) is 0 Å². The molecule has 2 aliphatic rings. The lowest BCUT2D eigenvalue weighted by molar-refractivity contribution is -0.139. The number of nitrogens with one attached hydrogen (secondary N) is 1. The summed E-state index contributed by atoms with van der Waals surface area (Å²) in [5.74, 6) is 1.38. The average Bonchev–Trinajstić information content (AvgIpc) is 2.89. The van der Waals surface area contributed by atoms with Gasteiger partial charge in [0, 0.05) is 26.2 Å². The van der Waals surface area contributed by atoms with Crippen molar-refractivity contribution in [3.05, 3.63) is 23.8 Å². The van der Waals surface area contributed by atoms with Crippen LogP contribution in [0.5, 0.6) is 11.5 Å². The predicted octanol–water partition coefficient (Wildman–Crippen LogP) is 2.01. The molecule has 12 heteroatoms. The third-order valence-electron chi connectivity index (χ3n) is 5.54. The molecule has 35 heavy (non-hydrogen) atoms. The van der Waals surface area contributed by atoms with E-state index < -0.39 is 12.6 Å². The molecule has 3 heterocycles. The number of nitrogens with zero attached hydrogens (tertiary/aromatic N) is 6. The molecule has 4 rings (SSSR count). The van der Waals surface area contributed by atoms with Crippen LogP contribution in [0.3, 0.4) is 0 Å². The number of morpholine rings is 1. The molecular weight excluding hydrogens is 454 g/mol. The summed E-state index contributed by atoms with van der Waals surface area (Å²) in [5, 5.41) is 13.2. The summed E-state index contributed by atoms with van der Waals surface area (Å²) in [6.45, 7) is 6.38. The lowest BCUT2D eigenvalue weighted by Crippen LogP contribution is -2.38. The second kappa shape index (κ2) is 12.2. The van der Waals surface area contributed by atoms with Gasteiger partial charge in [-0.05, 0) is 49.9 Å². The summed E-state index contributed by atoms with van der Waals surface area (Å²) in [7, 11) is 0. The number of hydrogen-bond acceptors (Lipinski definition) is 11. The van der Waals surface area contributed by atoms with E-state index >= 15 is 0 Å². The second-order valence-electron chi connectivity index (χ2n) is 8.10. The number of benzene rings is 1. The normalized spacial score (nSPS) is 16.4. The Morgan fingerprint density at radius 3 is 2.46 bits per heavy atom. The van der Waals surface area contributed by atoms with Crippen LogP contribution in [0, 0.1) is 0 Å². The molecule has 0 radical (unpaired) electrons. The molecule has 0 atom stereocenters. The van der Waals surface area contributed by atoms with Crippen LogP contribution in [0.15, 0.2) is 23.3 Å². The van der Waals surface area contributed by atoms with Gasteiger partial charge in [-0.25, -0.2) is 10.2 Å². The summed E-state index contributed by atoms with van der Waals surface area (Å²) < 4.78 is 16.3. The van der Waals surface area contributed by atoms with Crippen LogP contribution in [0.4, 0.5) is 17.8 Å². The molecule has 0 unspecified atom stereocenters. The van der Waals surface area contributed by atoms with Gasteiger partial charge in [-0.15, -0.1) is 0 Å². The standard InChI is InChI=1S/C23H31N7O5/c1-2-34-19-14-17(6-7-18(19)35-16-20(31)32)15-24-28-21-25-22(29-8-4-3-5-9-29)27-23(26-21)30-10-12-33-13-11-30/h6-7,14-15H,2-5,8-13,16H2,1H3,(H,31,32)(H,25,26,27,28). The number of aliphatic carboxylic acids is 1. The van der Waals surface area contributed by atoms with Crippen LogP contribution >= 0.6 is 0 Å². The van der Waals surface area contributed by atoms with Crippen LogP contribution in [0.1, 0.15) is 31.7 Å². The molecule has 2 saturated heterocycles. The number of hydrogen-bond donors (Lipinski definition) is 2. The van der Waals surface area contributed by atoms with Crippen molar-refractivity contribution in [1.29, 1.82) is 0 Å². The number of anilines is 3. The van der Waals surface area contributed by atoms with E-state index in [0.29, 0.717) is 49.2 Å². The first-order chi connectivity index (χ1) is 17.1. The van der Waals surface area contributed by atoms with Gasteiger partial charge < -0.3 is 29.1 Å². The maximum absolute atomic E-state index is 10.8. The third-order valence-corrected chi connectivity index (χ3v) is 5.54. The van der Waals surface area contributed by atoms with Gasteiger partial charge >= 0.3 is 5.97 Å². The van der Waals surface area contributed by atoms with E-state index in [-0.39, 0.29) is 0 Å². The lowest BCUT2D eigenvalue weighted by atomic mass is 10.1. The highest BCUT2D eigenvalue weighted by Crippen LogP contribution is 2.28. The molecule has 0 saturated carbocycles. The van der Waals surface area contributed by atoms with Crippen molar-refractivity contribution in [2.75, 3.05) is 67.8 Å². The lowest BCUT2D eigenvalue weighted by Gasteiger charge is -2.30. The van der Waals surface area contributed by atoms with Crippen molar-refractivity contribution in [3.63, 3.8) is 0 Å². The first kappa shape index (κ1) is 24.5. The van der Waals surface area contributed by atoms with Crippen molar-refractivity contribution >= 4 is 30.0 Å². The van der Waals surface area contributed by atoms with Crippen molar-refractivity contribution in [3.8, 4) is 11.5 Å². The molecule has 0 bridgehead atoms. The Morgan fingerprint density at radius 1 is 1.06 bits per heavy atom. The summed E-state index contributed by atoms with van der Waals surface area (Å²) in [5.41, 5.74) is 3.67. The summed E-state index contributed by atoms with van der Waals surface area (Å²) in [6, 6.07) is 5.15. The molecule has 0 aliphatic carbocycles. The number of rotatable bonds is 10. The number of aromatic nitrogens is 3. The summed E-state index contributed by atoms with van der Waals surface area (Å²) in [6.07, 6.45) is 5.07. The summed E-state index contributed by atoms with van der Waals surface area (Å²) in [4.78, 5) is 29.0. The molecule has 0 amide bonds. The number of ether oxygens (including phenoxy) is 3. The van der Waals surface area contributed by atoms with E-state index in [2.05, 4.69) is 30.3 Å². The Balaban J connectivity index is 1.51. The Hall–Kier alpha value is -3.67. The van der Waals surface area contributed by atoms with E-state index in [1.54, 1.807) is 24.4 Å². The topological polar surface area (TPSA) is 135 Å². The van der Waals surface area contributed by atoms with Crippen molar-refractivity contribution in [2.24, 2.45) is 5.10 Å². The highest BCUT2D eigenvalue weighted by molar-refractivity contribution is 5.81. The van der Waals surface area contributed by atoms with Gasteiger partial charge in [0.2, 0.25) is 17.8 Å². The quantitative estimate of drug-likeness (QED) is 0.378. The maximum Gasteiger partial charge on any atom is 0.341 e. The molecule has 0 spiro atoms. The maximum atomic E-state index is 10.8. The number of hydrazone groups is 1. The van der Waals surface area contributed by atoms with E-state index in [4.69, 9.17) is 24.3 Å². The first-order valence-electron chi connectivity index (χ1n) is 11.9. The van der Waals surface area contributed by atoms with Crippen LogP contribution in [-0.2, 0) is 9.53 Å². The van der Waals surface area contributed by atoms with E-state index in [0.717, 1.165) is 44.6 Å². The fourth-order valence-electron chi connectivity index (χ4n) is 3.84. The average molecular weight is 486 g/mol. The fraction of sp³-hybridized carbons (Fsp3) is 0.522. The fourth-order valence-corrected chi connectivity index (χ4v) is 3.84. The van der Waals surface area contributed by atoms with Crippen LogP contribution in [0.25, 0.3) is 0 Å². The van der Waals surface area contributed by atoms with Gasteiger partial charge in [0.25, 0.3) is 0 Å². The third kappa shape index (κ3) is 6.92. The molecule has 2 aliphatic heterocycles.